The van der Waals surface area contributed by atoms with Gasteiger partial charge in [-0.1, -0.05) is 18.6 Å². The van der Waals surface area contributed by atoms with E-state index in [-0.39, 0.29) is 34.9 Å². The van der Waals surface area contributed by atoms with Crippen LogP contribution in [-0.4, -0.2) is 51.0 Å². The van der Waals surface area contributed by atoms with Crippen LogP contribution < -0.4 is 16.0 Å². The van der Waals surface area contributed by atoms with E-state index in [9.17, 15) is 13.6 Å². The van der Waals surface area contributed by atoms with Crippen molar-refractivity contribution in [3.05, 3.63) is 71.6 Å². The number of rotatable bonds is 9. The molecule has 1 aromatic carbocycles. The minimum Gasteiger partial charge on any atom is -0.465 e. The van der Waals surface area contributed by atoms with Gasteiger partial charge in [-0.15, -0.1) is 10.2 Å². The molecule has 2 heterocycles. The third-order valence-electron chi connectivity index (χ3n) is 6.04. The number of hydrogen-bond acceptors (Lipinski definition) is 6. The van der Waals surface area contributed by atoms with Crippen LogP contribution in [0.2, 0.25) is 0 Å². The number of aromatic nitrogens is 3. The summed E-state index contributed by atoms with van der Waals surface area (Å²) in [6.07, 6.45) is 3.17. The summed E-state index contributed by atoms with van der Waals surface area (Å²) in [7, 11) is 0. The van der Waals surface area contributed by atoms with Crippen LogP contribution in [0.3, 0.4) is 0 Å². The molecule has 11 heteroatoms. The van der Waals surface area contributed by atoms with E-state index >= 15 is 0 Å². The van der Waals surface area contributed by atoms with E-state index in [0.29, 0.717) is 29.3 Å². The maximum absolute atomic E-state index is 14.3. The Morgan fingerprint density at radius 2 is 1.86 bits per heavy atom. The molecule has 4 rings (SSSR count). The van der Waals surface area contributed by atoms with Gasteiger partial charge in [0.25, 0.3) is 0 Å². The third-order valence-corrected chi connectivity index (χ3v) is 6.40. The molecule has 0 radical (unpaired) electrons. The number of carbonyl (C=O) groups is 1. The molecule has 8 nitrogen and oxygen atoms in total. The van der Waals surface area contributed by atoms with Gasteiger partial charge in [0, 0.05) is 42.4 Å². The van der Waals surface area contributed by atoms with Crippen LogP contribution in [0.1, 0.15) is 30.5 Å². The maximum Gasteiger partial charge on any atom is 0.404 e. The van der Waals surface area contributed by atoms with Crippen molar-refractivity contribution in [2.45, 2.75) is 24.7 Å². The number of nitrogens with zero attached hydrogens (tertiary/aromatic N) is 3. The van der Waals surface area contributed by atoms with Gasteiger partial charge < -0.3 is 21.1 Å². The van der Waals surface area contributed by atoms with E-state index in [1.807, 2.05) is 0 Å². The van der Waals surface area contributed by atoms with Crippen LogP contribution >= 0.6 is 12.2 Å². The number of amides is 1. The molecular weight excluding hydrogens is 474 g/mol. The minimum atomic E-state index is -1.14. The Morgan fingerprint density at radius 1 is 1.06 bits per heavy atom. The Kier molecular flexibility index (Phi) is 7.45. The monoisotopic (exact) mass is 498 g/mol. The molecule has 3 aromatic rings. The van der Waals surface area contributed by atoms with Crippen molar-refractivity contribution in [3.63, 3.8) is 0 Å². The molecule has 0 bridgehead atoms. The minimum absolute atomic E-state index is 0.130. The summed E-state index contributed by atoms with van der Waals surface area (Å²) >= 11 is 5.25. The summed E-state index contributed by atoms with van der Waals surface area (Å²) in [4.78, 5) is 14.9. The first-order valence-electron chi connectivity index (χ1n) is 11.1. The van der Waals surface area contributed by atoms with Crippen LogP contribution in [0.25, 0.3) is 11.3 Å². The SMILES string of the molecule is O=C(O)NCCNC(=S)c1cc(-c2ccc(NCC3(c4ncccc4F)CCC3)nn2)ccc1F. The quantitative estimate of drug-likeness (QED) is 0.260. The highest BCUT2D eigenvalue weighted by Gasteiger charge is 2.41. The summed E-state index contributed by atoms with van der Waals surface area (Å²) in [6, 6.07) is 11.0. The number of pyridine rings is 1. The zero-order chi connectivity index (χ0) is 24.8. The van der Waals surface area contributed by atoms with Gasteiger partial charge in [-0.25, -0.2) is 13.6 Å². The number of carboxylic acid groups (broad SMARTS) is 1. The number of benzene rings is 1. The van der Waals surface area contributed by atoms with Crippen molar-refractivity contribution in [2.75, 3.05) is 25.0 Å². The van der Waals surface area contributed by atoms with Crippen LogP contribution in [0, 0.1) is 11.6 Å². The molecule has 0 saturated heterocycles. The van der Waals surface area contributed by atoms with Crippen molar-refractivity contribution in [3.8, 4) is 11.3 Å². The Hall–Kier alpha value is -3.73. The second kappa shape index (κ2) is 10.7. The molecular formula is C24H24F2N6O2S. The second-order valence-electron chi connectivity index (χ2n) is 8.31. The largest absolute Gasteiger partial charge is 0.465 e. The summed E-state index contributed by atoms with van der Waals surface area (Å²) in [6.45, 7) is 0.843. The Labute approximate surface area is 206 Å². The van der Waals surface area contributed by atoms with E-state index in [1.54, 1.807) is 36.5 Å². The number of nitrogens with one attached hydrogen (secondary N) is 3. The van der Waals surface area contributed by atoms with Gasteiger partial charge in [-0.2, -0.15) is 0 Å². The number of hydrogen-bond donors (Lipinski definition) is 4. The van der Waals surface area contributed by atoms with Gasteiger partial charge in [0.1, 0.15) is 22.4 Å². The molecule has 182 valence electrons. The van der Waals surface area contributed by atoms with Gasteiger partial charge in [0.05, 0.1) is 11.4 Å². The predicted molar refractivity (Wildman–Crippen MR) is 131 cm³/mol. The lowest BCUT2D eigenvalue weighted by molar-refractivity contribution is 0.194. The number of halogens is 2. The van der Waals surface area contributed by atoms with E-state index in [1.165, 1.54) is 12.1 Å². The first-order chi connectivity index (χ1) is 16.9. The third kappa shape index (κ3) is 5.68. The van der Waals surface area contributed by atoms with E-state index in [4.69, 9.17) is 17.3 Å². The predicted octanol–water partition coefficient (Wildman–Crippen LogP) is 3.88. The summed E-state index contributed by atoms with van der Waals surface area (Å²) < 4.78 is 28.7. The van der Waals surface area contributed by atoms with Crippen LogP contribution in [-0.2, 0) is 5.41 Å². The molecule has 2 aromatic heterocycles. The highest BCUT2D eigenvalue weighted by molar-refractivity contribution is 7.80. The van der Waals surface area contributed by atoms with Gasteiger partial charge in [0.15, 0.2) is 0 Å². The fourth-order valence-corrected chi connectivity index (χ4v) is 4.27. The zero-order valence-corrected chi connectivity index (χ0v) is 19.5. The zero-order valence-electron chi connectivity index (χ0n) is 18.7. The lowest BCUT2D eigenvalue weighted by atomic mass is 9.66. The maximum atomic E-state index is 14.3. The molecule has 1 aliphatic carbocycles. The van der Waals surface area contributed by atoms with Gasteiger partial charge in [-0.3, -0.25) is 4.98 Å². The standard InChI is InChI=1S/C24H24F2N6O2S/c25-17-5-4-15(13-16(17)22(35)28-11-12-29-23(33)34)19-6-7-20(32-31-19)30-14-24(8-2-9-24)21-18(26)3-1-10-27-21/h1,3-7,10,13,29H,2,8-9,11-12,14H2,(H,28,35)(H,30,32)(H,33,34). The van der Waals surface area contributed by atoms with Crippen molar-refractivity contribution in [1.82, 2.24) is 25.8 Å². The fourth-order valence-electron chi connectivity index (χ4n) is 4.02. The molecule has 4 N–H and O–H groups in total. The topological polar surface area (TPSA) is 112 Å². The molecule has 0 unspecified atom stereocenters. The molecule has 0 aliphatic heterocycles. The highest BCUT2D eigenvalue weighted by atomic mass is 32.1. The van der Waals surface area contributed by atoms with Crippen molar-refractivity contribution >= 4 is 29.1 Å². The number of thiocarbonyl (C=S) groups is 1. The smallest absolute Gasteiger partial charge is 0.404 e. The van der Waals surface area contributed by atoms with Gasteiger partial charge in [0.2, 0.25) is 0 Å². The molecule has 1 amide bonds. The Balaban J connectivity index is 1.41. The Bertz CT molecular complexity index is 1220. The van der Waals surface area contributed by atoms with Gasteiger partial charge >= 0.3 is 6.09 Å². The fraction of sp³-hybridized carbons (Fsp3) is 0.292. The molecule has 35 heavy (non-hydrogen) atoms. The molecule has 1 saturated carbocycles. The summed E-state index contributed by atoms with van der Waals surface area (Å²) in [5, 5.41) is 25.4. The summed E-state index contributed by atoms with van der Waals surface area (Å²) in [5.74, 6) is -0.258. The average molecular weight is 499 g/mol. The van der Waals surface area contributed by atoms with Crippen LogP contribution in [0.4, 0.5) is 19.4 Å². The molecule has 0 atom stereocenters. The second-order valence-corrected chi connectivity index (χ2v) is 8.72. The number of anilines is 1. The highest BCUT2D eigenvalue weighted by Crippen LogP contribution is 2.43. The molecule has 1 fully saturated rings. The lowest BCUT2D eigenvalue weighted by Crippen LogP contribution is -2.42. The molecule has 0 spiro atoms. The molecule has 1 aliphatic rings. The van der Waals surface area contributed by atoms with E-state index < -0.39 is 11.9 Å². The normalized spacial score (nSPS) is 14.0. The van der Waals surface area contributed by atoms with Crippen molar-refractivity contribution in [1.29, 1.82) is 0 Å². The van der Waals surface area contributed by atoms with Crippen molar-refractivity contribution in [2.24, 2.45) is 0 Å². The first kappa shape index (κ1) is 24.4. The average Bonchev–Trinajstić information content (AvgIpc) is 2.82. The van der Waals surface area contributed by atoms with E-state index in [2.05, 4.69) is 31.1 Å². The van der Waals surface area contributed by atoms with Crippen LogP contribution in [0.5, 0.6) is 0 Å². The first-order valence-corrected chi connectivity index (χ1v) is 11.5. The van der Waals surface area contributed by atoms with Crippen molar-refractivity contribution < 1.29 is 18.7 Å². The Morgan fingerprint density at radius 3 is 2.51 bits per heavy atom. The van der Waals surface area contributed by atoms with Crippen LogP contribution in [0.15, 0.2) is 48.7 Å². The lowest BCUT2D eigenvalue weighted by Gasteiger charge is -2.41. The van der Waals surface area contributed by atoms with Gasteiger partial charge in [-0.05, 0) is 55.3 Å². The summed E-state index contributed by atoms with van der Waals surface area (Å²) in [5.41, 5.74) is 1.45. The van der Waals surface area contributed by atoms with E-state index in [0.717, 1.165) is 19.3 Å².